The fourth-order valence-corrected chi connectivity index (χ4v) is 4.12. The molecule has 130 valence electrons. The van der Waals surface area contributed by atoms with Gasteiger partial charge in [-0.2, -0.15) is 4.98 Å². The average molecular weight is 356 g/mol. The first kappa shape index (κ1) is 16.4. The Morgan fingerprint density at radius 3 is 3.04 bits per heavy atom. The third-order valence-electron chi connectivity index (χ3n) is 4.15. The van der Waals surface area contributed by atoms with E-state index in [9.17, 15) is 0 Å². The van der Waals surface area contributed by atoms with E-state index in [1.807, 2.05) is 23.5 Å². The Morgan fingerprint density at radius 1 is 1.28 bits per heavy atom. The molecule has 3 aromatic heterocycles. The maximum absolute atomic E-state index is 5.76. The number of hydrogen-bond acceptors (Lipinski definition) is 7. The molecule has 0 radical (unpaired) electrons. The minimum Gasteiger partial charge on any atom is -0.373 e. The summed E-state index contributed by atoms with van der Waals surface area (Å²) in [6, 6.07) is 8.16. The van der Waals surface area contributed by atoms with Gasteiger partial charge in [0.1, 0.15) is 0 Å². The van der Waals surface area contributed by atoms with Crippen LogP contribution in [0.3, 0.4) is 0 Å². The Bertz CT molecular complexity index is 811. The number of pyridine rings is 1. The zero-order valence-corrected chi connectivity index (χ0v) is 14.9. The van der Waals surface area contributed by atoms with Crippen molar-refractivity contribution < 1.29 is 9.26 Å². The predicted molar refractivity (Wildman–Crippen MR) is 94.9 cm³/mol. The van der Waals surface area contributed by atoms with Crippen molar-refractivity contribution in [3.05, 3.63) is 52.3 Å². The number of hydrogen-bond donors (Lipinski definition) is 0. The van der Waals surface area contributed by atoms with Gasteiger partial charge in [-0.1, -0.05) is 5.16 Å². The van der Waals surface area contributed by atoms with Crippen LogP contribution < -0.4 is 0 Å². The van der Waals surface area contributed by atoms with E-state index in [-0.39, 0.29) is 0 Å². The second-order valence-corrected chi connectivity index (χ2v) is 7.43. The van der Waals surface area contributed by atoms with Gasteiger partial charge in [-0.05, 0) is 44.2 Å². The fraction of sp³-hybridized carbons (Fsp3) is 0.389. The number of thiophene rings is 1. The Hall–Kier alpha value is -2.09. The van der Waals surface area contributed by atoms with Crippen molar-refractivity contribution >= 4 is 11.3 Å². The van der Waals surface area contributed by atoms with Crippen LogP contribution in [0.2, 0.25) is 0 Å². The number of nitrogens with zero attached hydrogens (tertiary/aromatic N) is 4. The quantitative estimate of drug-likeness (QED) is 0.671. The normalized spacial score (nSPS) is 17.4. The van der Waals surface area contributed by atoms with Crippen molar-refractivity contribution in [3.8, 4) is 11.4 Å². The molecule has 0 aromatic carbocycles. The summed E-state index contributed by atoms with van der Waals surface area (Å²) >= 11 is 1.83. The van der Waals surface area contributed by atoms with Crippen molar-refractivity contribution in [3.63, 3.8) is 0 Å². The Labute approximate surface area is 150 Å². The Balaban J connectivity index is 1.36. The molecule has 4 heterocycles. The number of aromatic nitrogens is 3. The lowest BCUT2D eigenvalue weighted by Gasteiger charge is -2.12. The van der Waals surface area contributed by atoms with E-state index in [0.717, 1.165) is 31.6 Å². The topological polar surface area (TPSA) is 64.3 Å². The van der Waals surface area contributed by atoms with Gasteiger partial charge >= 0.3 is 0 Å². The standard InChI is InChI=1S/C18H20N4O2S/c1-22(11-14-6-7-16(25-14)15-5-3-9-23-15)12-17-20-18(21-24-17)13-4-2-8-19-10-13/h2,4,6-8,10,15H,3,5,9,11-12H2,1H3. The van der Waals surface area contributed by atoms with Crippen molar-refractivity contribution in [2.45, 2.75) is 32.0 Å². The smallest absolute Gasteiger partial charge is 0.241 e. The first-order valence-corrected chi connectivity index (χ1v) is 9.21. The van der Waals surface area contributed by atoms with Gasteiger partial charge in [0.05, 0.1) is 12.6 Å². The third kappa shape index (κ3) is 3.95. The highest BCUT2D eigenvalue weighted by molar-refractivity contribution is 7.12. The van der Waals surface area contributed by atoms with Crippen LogP contribution in [0.5, 0.6) is 0 Å². The average Bonchev–Trinajstić information content (AvgIpc) is 3.37. The van der Waals surface area contributed by atoms with Crippen LogP contribution in [-0.2, 0) is 17.8 Å². The molecule has 4 rings (SSSR count). The lowest BCUT2D eigenvalue weighted by Crippen LogP contribution is -2.16. The second kappa shape index (κ2) is 7.43. The van der Waals surface area contributed by atoms with Gasteiger partial charge in [0.15, 0.2) is 0 Å². The molecule has 0 N–H and O–H groups in total. The summed E-state index contributed by atoms with van der Waals surface area (Å²) < 4.78 is 11.1. The summed E-state index contributed by atoms with van der Waals surface area (Å²) in [5.41, 5.74) is 0.861. The highest BCUT2D eigenvalue weighted by Gasteiger charge is 2.20. The molecule has 1 aliphatic rings. The predicted octanol–water partition coefficient (Wildman–Crippen LogP) is 3.68. The first-order chi connectivity index (χ1) is 12.3. The molecular formula is C18H20N4O2S. The summed E-state index contributed by atoms with van der Waals surface area (Å²) in [5, 5.41) is 4.04. The van der Waals surface area contributed by atoms with Gasteiger partial charge in [0.25, 0.3) is 0 Å². The van der Waals surface area contributed by atoms with Gasteiger partial charge in [0.2, 0.25) is 11.7 Å². The molecule has 1 fully saturated rings. The van der Waals surface area contributed by atoms with Gasteiger partial charge in [0, 0.05) is 40.9 Å². The molecular weight excluding hydrogens is 336 g/mol. The number of ether oxygens (including phenoxy) is 1. The van der Waals surface area contributed by atoms with E-state index in [2.05, 4.69) is 39.2 Å². The molecule has 1 saturated heterocycles. The maximum Gasteiger partial charge on any atom is 0.241 e. The lowest BCUT2D eigenvalue weighted by molar-refractivity contribution is 0.114. The van der Waals surface area contributed by atoms with E-state index in [1.54, 1.807) is 12.4 Å². The highest BCUT2D eigenvalue weighted by atomic mass is 32.1. The van der Waals surface area contributed by atoms with Crippen LogP contribution in [0, 0.1) is 0 Å². The monoisotopic (exact) mass is 356 g/mol. The fourth-order valence-electron chi connectivity index (χ4n) is 2.94. The van der Waals surface area contributed by atoms with Crippen LogP contribution in [0.25, 0.3) is 11.4 Å². The molecule has 1 unspecified atom stereocenters. The van der Waals surface area contributed by atoms with Gasteiger partial charge in [-0.25, -0.2) is 0 Å². The second-order valence-electron chi connectivity index (χ2n) is 6.23. The summed E-state index contributed by atoms with van der Waals surface area (Å²) in [6.45, 7) is 2.34. The molecule has 0 aliphatic carbocycles. The molecule has 0 spiro atoms. The minimum atomic E-state index is 0.294. The molecule has 1 atom stereocenters. The van der Waals surface area contributed by atoms with Gasteiger partial charge < -0.3 is 9.26 Å². The first-order valence-electron chi connectivity index (χ1n) is 8.39. The molecule has 3 aromatic rings. The Kier molecular flexibility index (Phi) is 4.87. The maximum atomic E-state index is 5.76. The molecule has 6 nitrogen and oxygen atoms in total. The van der Waals surface area contributed by atoms with Crippen LogP contribution >= 0.6 is 11.3 Å². The summed E-state index contributed by atoms with van der Waals surface area (Å²) in [6.07, 6.45) is 6.05. The van der Waals surface area contributed by atoms with E-state index >= 15 is 0 Å². The van der Waals surface area contributed by atoms with E-state index in [1.165, 1.54) is 9.75 Å². The third-order valence-corrected chi connectivity index (χ3v) is 5.31. The number of rotatable bonds is 6. The molecule has 7 heteroatoms. The summed E-state index contributed by atoms with van der Waals surface area (Å²) in [5.74, 6) is 1.19. The van der Waals surface area contributed by atoms with E-state index in [0.29, 0.717) is 24.4 Å². The van der Waals surface area contributed by atoms with Crippen LogP contribution in [0.1, 0.15) is 34.6 Å². The van der Waals surface area contributed by atoms with Crippen molar-refractivity contribution in [2.24, 2.45) is 0 Å². The Morgan fingerprint density at radius 2 is 2.24 bits per heavy atom. The molecule has 1 aliphatic heterocycles. The zero-order chi connectivity index (χ0) is 17.1. The van der Waals surface area contributed by atoms with E-state index in [4.69, 9.17) is 9.26 Å². The van der Waals surface area contributed by atoms with E-state index < -0.39 is 0 Å². The van der Waals surface area contributed by atoms with Crippen molar-refractivity contribution in [2.75, 3.05) is 13.7 Å². The van der Waals surface area contributed by atoms with Crippen molar-refractivity contribution in [1.29, 1.82) is 0 Å². The van der Waals surface area contributed by atoms with Crippen LogP contribution in [0.15, 0.2) is 41.2 Å². The van der Waals surface area contributed by atoms with Crippen molar-refractivity contribution in [1.82, 2.24) is 20.0 Å². The molecule has 0 saturated carbocycles. The molecule has 0 bridgehead atoms. The molecule has 25 heavy (non-hydrogen) atoms. The van der Waals surface area contributed by atoms with Crippen LogP contribution in [-0.4, -0.2) is 33.7 Å². The highest BCUT2D eigenvalue weighted by Crippen LogP contribution is 2.33. The van der Waals surface area contributed by atoms with Gasteiger partial charge in [-0.15, -0.1) is 11.3 Å². The lowest BCUT2D eigenvalue weighted by atomic mass is 10.2. The zero-order valence-electron chi connectivity index (χ0n) is 14.1. The summed E-state index contributed by atoms with van der Waals surface area (Å²) in [7, 11) is 2.05. The minimum absolute atomic E-state index is 0.294. The van der Waals surface area contributed by atoms with Gasteiger partial charge in [-0.3, -0.25) is 9.88 Å². The van der Waals surface area contributed by atoms with Crippen LogP contribution in [0.4, 0.5) is 0 Å². The molecule has 0 amide bonds. The largest absolute Gasteiger partial charge is 0.373 e. The summed E-state index contributed by atoms with van der Waals surface area (Å²) in [4.78, 5) is 13.4. The SMILES string of the molecule is CN(Cc1nc(-c2cccnc2)no1)Cc1ccc(C2CCCO2)s1.